The third-order valence-electron chi connectivity index (χ3n) is 5.57. The highest BCUT2D eigenvalue weighted by molar-refractivity contribution is 5.89. The van der Waals surface area contributed by atoms with Crippen molar-refractivity contribution >= 4 is 22.5 Å². The molecule has 0 radical (unpaired) electrons. The standard InChI is InChI=1S/C22H25N3O/c1-16-6-5-9-21(17(16)2)24-10-12-25(13-11-24)22(26)14-18-15-23-20-8-4-3-7-19(18)20/h3-9,15,23H,10-14H2,1-2H3. The second-order valence-corrected chi connectivity index (χ2v) is 7.12. The number of aromatic amines is 1. The van der Waals surface area contributed by atoms with Gasteiger partial charge in [-0.25, -0.2) is 0 Å². The Hall–Kier alpha value is -2.75. The summed E-state index contributed by atoms with van der Waals surface area (Å²) in [5.74, 6) is 0.218. The number of benzene rings is 2. The van der Waals surface area contributed by atoms with E-state index in [1.165, 1.54) is 16.8 Å². The number of nitrogens with zero attached hydrogens (tertiary/aromatic N) is 2. The van der Waals surface area contributed by atoms with Crippen LogP contribution >= 0.6 is 0 Å². The zero-order valence-electron chi connectivity index (χ0n) is 15.5. The summed E-state index contributed by atoms with van der Waals surface area (Å²) < 4.78 is 0. The number of amides is 1. The van der Waals surface area contributed by atoms with Crippen LogP contribution in [0.3, 0.4) is 0 Å². The number of rotatable bonds is 3. The van der Waals surface area contributed by atoms with Gasteiger partial charge >= 0.3 is 0 Å². The molecule has 0 atom stereocenters. The van der Waals surface area contributed by atoms with Crippen LogP contribution in [0, 0.1) is 13.8 Å². The van der Waals surface area contributed by atoms with Gasteiger partial charge < -0.3 is 14.8 Å². The number of hydrogen-bond acceptors (Lipinski definition) is 2. The van der Waals surface area contributed by atoms with E-state index in [1.807, 2.05) is 29.3 Å². The van der Waals surface area contributed by atoms with E-state index >= 15 is 0 Å². The van der Waals surface area contributed by atoms with E-state index in [0.29, 0.717) is 6.42 Å². The molecule has 26 heavy (non-hydrogen) atoms. The average molecular weight is 347 g/mol. The molecule has 1 aliphatic rings. The first-order chi connectivity index (χ1) is 12.6. The Morgan fingerprint density at radius 2 is 1.77 bits per heavy atom. The van der Waals surface area contributed by atoms with Crippen molar-refractivity contribution in [2.75, 3.05) is 31.1 Å². The van der Waals surface area contributed by atoms with Gasteiger partial charge in [0.2, 0.25) is 5.91 Å². The second-order valence-electron chi connectivity index (χ2n) is 7.12. The fourth-order valence-electron chi connectivity index (χ4n) is 3.83. The summed E-state index contributed by atoms with van der Waals surface area (Å²) in [6.07, 6.45) is 2.43. The zero-order chi connectivity index (χ0) is 18.1. The number of carbonyl (C=O) groups is 1. The van der Waals surface area contributed by atoms with Crippen molar-refractivity contribution in [2.45, 2.75) is 20.3 Å². The summed E-state index contributed by atoms with van der Waals surface area (Å²) in [5, 5.41) is 1.15. The Morgan fingerprint density at radius 1 is 1.00 bits per heavy atom. The number of carbonyl (C=O) groups excluding carboxylic acids is 1. The van der Waals surface area contributed by atoms with Gasteiger partial charge in [0.1, 0.15) is 0 Å². The van der Waals surface area contributed by atoms with E-state index in [-0.39, 0.29) is 5.91 Å². The van der Waals surface area contributed by atoms with Gasteiger partial charge in [-0.3, -0.25) is 4.79 Å². The van der Waals surface area contributed by atoms with Gasteiger partial charge in [-0.05, 0) is 42.7 Å². The van der Waals surface area contributed by atoms with Crippen molar-refractivity contribution in [1.82, 2.24) is 9.88 Å². The number of para-hydroxylation sites is 1. The van der Waals surface area contributed by atoms with Crippen LogP contribution < -0.4 is 4.90 Å². The number of nitrogens with one attached hydrogen (secondary N) is 1. The molecule has 1 amide bonds. The van der Waals surface area contributed by atoms with Crippen LogP contribution in [-0.4, -0.2) is 42.0 Å². The molecule has 4 nitrogen and oxygen atoms in total. The monoisotopic (exact) mass is 347 g/mol. The minimum Gasteiger partial charge on any atom is -0.368 e. The molecule has 0 aliphatic carbocycles. The molecule has 0 bridgehead atoms. The average Bonchev–Trinajstić information content (AvgIpc) is 3.07. The van der Waals surface area contributed by atoms with Crippen LogP contribution in [0.1, 0.15) is 16.7 Å². The first-order valence-corrected chi connectivity index (χ1v) is 9.27. The number of piperazine rings is 1. The van der Waals surface area contributed by atoms with Crippen LogP contribution in [-0.2, 0) is 11.2 Å². The number of aromatic nitrogens is 1. The van der Waals surface area contributed by atoms with Gasteiger partial charge in [-0.1, -0.05) is 30.3 Å². The number of anilines is 1. The topological polar surface area (TPSA) is 39.3 Å². The molecule has 1 fully saturated rings. The molecular weight excluding hydrogens is 322 g/mol. The van der Waals surface area contributed by atoms with Crippen LogP contribution in [0.2, 0.25) is 0 Å². The highest BCUT2D eigenvalue weighted by Crippen LogP contribution is 2.24. The summed E-state index contributed by atoms with van der Waals surface area (Å²) >= 11 is 0. The van der Waals surface area contributed by atoms with Gasteiger partial charge in [0.05, 0.1) is 6.42 Å². The number of fused-ring (bicyclic) bond motifs is 1. The van der Waals surface area contributed by atoms with Gasteiger partial charge in [0.25, 0.3) is 0 Å². The molecular formula is C22H25N3O. The molecule has 0 spiro atoms. The Bertz CT molecular complexity index is 935. The molecule has 134 valence electrons. The predicted molar refractivity (Wildman–Crippen MR) is 107 cm³/mol. The van der Waals surface area contributed by atoms with E-state index in [4.69, 9.17) is 0 Å². The number of H-pyrrole nitrogens is 1. The molecule has 2 heterocycles. The fraction of sp³-hybridized carbons (Fsp3) is 0.318. The van der Waals surface area contributed by atoms with E-state index in [2.05, 4.69) is 48.0 Å². The summed E-state index contributed by atoms with van der Waals surface area (Å²) in [5.41, 5.74) is 6.14. The lowest BCUT2D eigenvalue weighted by Gasteiger charge is -2.37. The van der Waals surface area contributed by atoms with Gasteiger partial charge in [-0.15, -0.1) is 0 Å². The van der Waals surface area contributed by atoms with Gasteiger partial charge in [0, 0.05) is 49.0 Å². The number of aryl methyl sites for hydroxylation is 1. The molecule has 0 saturated carbocycles. The largest absolute Gasteiger partial charge is 0.368 e. The van der Waals surface area contributed by atoms with Gasteiger partial charge in [0.15, 0.2) is 0 Å². The maximum atomic E-state index is 12.8. The molecule has 1 aliphatic heterocycles. The second kappa shape index (κ2) is 6.87. The smallest absolute Gasteiger partial charge is 0.227 e. The predicted octanol–water partition coefficient (Wildman–Crippen LogP) is 3.68. The van der Waals surface area contributed by atoms with Crippen LogP contribution in [0.5, 0.6) is 0 Å². The van der Waals surface area contributed by atoms with E-state index in [9.17, 15) is 4.79 Å². The molecule has 4 heteroatoms. The lowest BCUT2D eigenvalue weighted by atomic mass is 10.1. The quantitative estimate of drug-likeness (QED) is 0.785. The normalized spacial score (nSPS) is 14.8. The SMILES string of the molecule is Cc1cccc(N2CCN(C(=O)Cc3c[nH]c4ccccc34)CC2)c1C. The summed E-state index contributed by atoms with van der Waals surface area (Å²) in [4.78, 5) is 20.4. The Kier molecular flexibility index (Phi) is 4.41. The van der Waals surface area contributed by atoms with Crippen molar-refractivity contribution in [3.05, 3.63) is 65.4 Å². The molecule has 0 unspecified atom stereocenters. The number of hydrogen-bond donors (Lipinski definition) is 1. The minimum atomic E-state index is 0.218. The molecule has 3 aromatic rings. The van der Waals surface area contributed by atoms with E-state index in [0.717, 1.165) is 42.6 Å². The lowest BCUT2D eigenvalue weighted by molar-refractivity contribution is -0.130. The van der Waals surface area contributed by atoms with E-state index < -0.39 is 0 Å². The molecule has 1 N–H and O–H groups in total. The molecule has 4 rings (SSSR count). The summed E-state index contributed by atoms with van der Waals surface area (Å²) in [6, 6.07) is 14.6. The third kappa shape index (κ3) is 3.07. The maximum absolute atomic E-state index is 12.8. The summed E-state index contributed by atoms with van der Waals surface area (Å²) in [7, 11) is 0. The van der Waals surface area contributed by atoms with Crippen LogP contribution in [0.25, 0.3) is 10.9 Å². The van der Waals surface area contributed by atoms with E-state index in [1.54, 1.807) is 0 Å². The molecule has 1 saturated heterocycles. The van der Waals surface area contributed by atoms with Crippen molar-refractivity contribution < 1.29 is 4.79 Å². The Morgan fingerprint density at radius 3 is 2.58 bits per heavy atom. The van der Waals surface area contributed by atoms with Crippen molar-refractivity contribution in [3.8, 4) is 0 Å². The summed E-state index contributed by atoms with van der Waals surface area (Å²) in [6.45, 7) is 7.69. The van der Waals surface area contributed by atoms with Crippen LogP contribution in [0.4, 0.5) is 5.69 Å². The fourth-order valence-corrected chi connectivity index (χ4v) is 3.83. The van der Waals surface area contributed by atoms with Gasteiger partial charge in [-0.2, -0.15) is 0 Å². The third-order valence-corrected chi connectivity index (χ3v) is 5.57. The Balaban J connectivity index is 1.41. The van der Waals surface area contributed by atoms with Crippen molar-refractivity contribution in [3.63, 3.8) is 0 Å². The first kappa shape index (κ1) is 16.7. The lowest BCUT2D eigenvalue weighted by Crippen LogP contribution is -2.49. The minimum absolute atomic E-state index is 0.218. The molecule has 2 aromatic carbocycles. The van der Waals surface area contributed by atoms with Crippen LogP contribution in [0.15, 0.2) is 48.7 Å². The first-order valence-electron chi connectivity index (χ1n) is 9.27. The Labute approximate surface area is 154 Å². The highest BCUT2D eigenvalue weighted by Gasteiger charge is 2.23. The maximum Gasteiger partial charge on any atom is 0.227 e. The molecule has 1 aromatic heterocycles. The zero-order valence-corrected chi connectivity index (χ0v) is 15.5. The van der Waals surface area contributed by atoms with Crippen molar-refractivity contribution in [1.29, 1.82) is 0 Å². The van der Waals surface area contributed by atoms with Crippen molar-refractivity contribution in [2.24, 2.45) is 0 Å². The highest BCUT2D eigenvalue weighted by atomic mass is 16.2.